The molecule has 3 heteroatoms. The van der Waals surface area contributed by atoms with E-state index in [1.807, 2.05) is 6.92 Å². The lowest BCUT2D eigenvalue weighted by Crippen LogP contribution is -2.38. The zero-order valence-electron chi connectivity index (χ0n) is 15.7. The maximum atomic E-state index is 12.1. The molecule has 0 spiro atoms. The summed E-state index contributed by atoms with van der Waals surface area (Å²) in [6.45, 7) is 4.45. The van der Waals surface area contributed by atoms with Crippen LogP contribution < -0.4 is 0 Å². The minimum absolute atomic E-state index is 0.0191. The summed E-state index contributed by atoms with van der Waals surface area (Å²) in [4.78, 5) is 12.1. The second kappa shape index (κ2) is 6.12. The van der Waals surface area contributed by atoms with Crippen LogP contribution in [0.3, 0.4) is 0 Å². The Morgan fingerprint density at radius 2 is 2.04 bits per heavy atom. The van der Waals surface area contributed by atoms with Crippen LogP contribution in [0.1, 0.15) is 67.7 Å². The van der Waals surface area contributed by atoms with Crippen molar-refractivity contribution in [1.82, 2.24) is 0 Å². The van der Waals surface area contributed by atoms with Crippen LogP contribution >= 0.6 is 0 Å². The van der Waals surface area contributed by atoms with Gasteiger partial charge < -0.3 is 9.84 Å². The Morgan fingerprint density at radius 1 is 1.24 bits per heavy atom. The number of benzene rings is 1. The molecule has 0 aromatic heterocycles. The number of methoxy groups -OCH3 is 1. The lowest BCUT2D eigenvalue weighted by atomic mass is 9.60. The molecule has 1 N–H and O–H groups in total. The first kappa shape index (κ1) is 17.1. The summed E-state index contributed by atoms with van der Waals surface area (Å²) >= 11 is 0. The number of hydrogen-bond donors (Lipinski definition) is 1. The van der Waals surface area contributed by atoms with Crippen molar-refractivity contribution in [2.75, 3.05) is 7.11 Å². The van der Waals surface area contributed by atoms with Gasteiger partial charge in [-0.15, -0.1) is 0 Å². The molecule has 1 fully saturated rings. The molecular formula is C22H30O3. The Hall–Kier alpha value is -1.35. The van der Waals surface area contributed by atoms with Crippen molar-refractivity contribution in [3.8, 4) is 0 Å². The number of hydrogen-bond acceptors (Lipinski definition) is 3. The van der Waals surface area contributed by atoms with Gasteiger partial charge in [-0.1, -0.05) is 26.0 Å². The molecule has 1 saturated carbocycles. The molecule has 0 saturated heterocycles. The third kappa shape index (κ3) is 2.54. The Labute approximate surface area is 150 Å². The monoisotopic (exact) mass is 342 g/mol. The fourth-order valence-electron chi connectivity index (χ4n) is 6.25. The molecule has 4 rings (SSSR count). The number of aliphatic hydroxyl groups is 1. The number of ether oxygens (including phenoxy) is 1. The molecule has 5 atom stereocenters. The van der Waals surface area contributed by atoms with E-state index in [2.05, 4.69) is 19.1 Å². The number of carbonyl (C=O) groups excluding carboxylic acids is 1. The summed E-state index contributed by atoms with van der Waals surface area (Å²) in [5.41, 5.74) is 6.18. The molecule has 0 aliphatic heterocycles. The molecule has 3 nitrogen and oxygen atoms in total. The van der Waals surface area contributed by atoms with E-state index < -0.39 is 0 Å². The van der Waals surface area contributed by atoms with Crippen molar-refractivity contribution in [2.24, 2.45) is 17.3 Å². The van der Waals surface area contributed by atoms with Crippen molar-refractivity contribution in [3.63, 3.8) is 0 Å². The summed E-state index contributed by atoms with van der Waals surface area (Å²) in [6.07, 6.45) is 7.13. The normalized spacial score (nSPS) is 34.6. The van der Waals surface area contributed by atoms with Crippen LogP contribution in [0.4, 0.5) is 0 Å². The van der Waals surface area contributed by atoms with E-state index in [1.54, 1.807) is 5.56 Å². The largest absolute Gasteiger partial charge is 0.469 e. The second-order valence-electron chi connectivity index (χ2n) is 8.72. The average Bonchev–Trinajstić information content (AvgIpc) is 2.97. The van der Waals surface area contributed by atoms with Crippen molar-refractivity contribution in [3.05, 3.63) is 34.4 Å². The van der Waals surface area contributed by atoms with Gasteiger partial charge in [-0.3, -0.25) is 4.79 Å². The van der Waals surface area contributed by atoms with Crippen LogP contribution in [0, 0.1) is 17.3 Å². The fourth-order valence-corrected chi connectivity index (χ4v) is 6.25. The van der Waals surface area contributed by atoms with Gasteiger partial charge >= 0.3 is 5.97 Å². The van der Waals surface area contributed by atoms with Crippen molar-refractivity contribution in [2.45, 2.75) is 70.8 Å². The van der Waals surface area contributed by atoms with Crippen molar-refractivity contribution < 1.29 is 14.6 Å². The highest BCUT2D eigenvalue weighted by atomic mass is 16.5. The van der Waals surface area contributed by atoms with E-state index >= 15 is 0 Å². The van der Waals surface area contributed by atoms with Crippen molar-refractivity contribution in [1.29, 1.82) is 0 Å². The molecule has 2 unspecified atom stereocenters. The predicted octanol–water partition coefficient (Wildman–Crippen LogP) is 3.79. The van der Waals surface area contributed by atoms with Gasteiger partial charge in [-0.25, -0.2) is 0 Å². The van der Waals surface area contributed by atoms with E-state index in [9.17, 15) is 9.90 Å². The molecule has 1 aromatic rings. The minimum Gasteiger partial charge on any atom is -0.469 e. The molecule has 0 amide bonds. The van der Waals surface area contributed by atoms with Gasteiger partial charge in [0.25, 0.3) is 0 Å². The van der Waals surface area contributed by atoms with Crippen LogP contribution in [-0.4, -0.2) is 24.3 Å². The molecule has 1 aromatic carbocycles. The Kier molecular flexibility index (Phi) is 4.18. The standard InChI is InChI=1S/C22H30O3/c1-13(21(24)25-3)19-8-9-20-18-6-4-14-12-15(23)5-7-16(14)17(18)10-11-22(19,20)2/h4,6,13,15,19-20,23H,5,7-12H2,1-3H3/t13?,15-,19?,20-,22+/m0/s1. The van der Waals surface area contributed by atoms with Gasteiger partial charge in [-0.05, 0) is 84.5 Å². The summed E-state index contributed by atoms with van der Waals surface area (Å²) in [6, 6.07) is 4.60. The molecule has 0 radical (unpaired) electrons. The van der Waals surface area contributed by atoms with E-state index in [1.165, 1.54) is 30.2 Å². The smallest absolute Gasteiger partial charge is 0.308 e. The van der Waals surface area contributed by atoms with Crippen LogP contribution in [0.5, 0.6) is 0 Å². The Morgan fingerprint density at radius 3 is 2.80 bits per heavy atom. The maximum absolute atomic E-state index is 12.1. The highest BCUT2D eigenvalue weighted by Crippen LogP contribution is 2.61. The number of fused-ring (bicyclic) bond motifs is 5. The van der Waals surface area contributed by atoms with Gasteiger partial charge in [0.2, 0.25) is 0 Å². The van der Waals surface area contributed by atoms with E-state index in [0.29, 0.717) is 11.8 Å². The van der Waals surface area contributed by atoms with E-state index in [0.717, 1.165) is 38.5 Å². The molecule has 136 valence electrons. The highest BCUT2D eigenvalue weighted by Gasteiger charge is 2.52. The van der Waals surface area contributed by atoms with Crippen LogP contribution in [0.25, 0.3) is 0 Å². The number of rotatable bonds is 2. The number of aliphatic hydroxyl groups excluding tert-OH is 1. The van der Waals surface area contributed by atoms with Gasteiger partial charge in [0, 0.05) is 0 Å². The zero-order chi connectivity index (χ0) is 17.8. The SMILES string of the molecule is COC(=O)C(C)C1CC[C@H]2c3ccc4c(c3CC[C@]12C)CC[C@H](O)C4. The third-order valence-corrected chi connectivity index (χ3v) is 7.62. The maximum Gasteiger partial charge on any atom is 0.308 e. The van der Waals surface area contributed by atoms with E-state index in [4.69, 9.17) is 4.74 Å². The molecule has 25 heavy (non-hydrogen) atoms. The topological polar surface area (TPSA) is 46.5 Å². The van der Waals surface area contributed by atoms with Gasteiger partial charge in [0.1, 0.15) is 0 Å². The summed E-state index contributed by atoms with van der Waals surface area (Å²) < 4.78 is 5.04. The Bertz CT molecular complexity index is 695. The zero-order valence-corrected chi connectivity index (χ0v) is 15.7. The summed E-state index contributed by atoms with van der Waals surface area (Å²) in [7, 11) is 1.50. The van der Waals surface area contributed by atoms with E-state index in [-0.39, 0.29) is 23.4 Å². The van der Waals surface area contributed by atoms with Crippen LogP contribution in [0.15, 0.2) is 12.1 Å². The quantitative estimate of drug-likeness (QED) is 0.832. The second-order valence-corrected chi connectivity index (χ2v) is 8.72. The summed E-state index contributed by atoms with van der Waals surface area (Å²) in [5.74, 6) is 0.896. The average molecular weight is 342 g/mol. The number of carbonyl (C=O) groups is 1. The minimum atomic E-state index is -0.170. The lowest BCUT2D eigenvalue weighted by Gasteiger charge is -2.44. The predicted molar refractivity (Wildman–Crippen MR) is 97.5 cm³/mol. The first-order valence-corrected chi connectivity index (χ1v) is 9.85. The van der Waals surface area contributed by atoms with Crippen molar-refractivity contribution >= 4 is 5.97 Å². The van der Waals surface area contributed by atoms with Gasteiger partial charge in [-0.2, -0.15) is 0 Å². The number of esters is 1. The highest BCUT2D eigenvalue weighted by molar-refractivity contribution is 5.72. The first-order valence-electron chi connectivity index (χ1n) is 9.85. The van der Waals surface area contributed by atoms with Gasteiger partial charge in [0.05, 0.1) is 19.1 Å². The molecule has 3 aliphatic rings. The summed E-state index contributed by atoms with van der Waals surface area (Å²) in [5, 5.41) is 9.98. The van der Waals surface area contributed by atoms with Crippen LogP contribution in [0.2, 0.25) is 0 Å². The molecule has 0 heterocycles. The van der Waals surface area contributed by atoms with Crippen LogP contribution in [-0.2, 0) is 28.8 Å². The fraction of sp³-hybridized carbons (Fsp3) is 0.682. The molecular weight excluding hydrogens is 312 g/mol. The third-order valence-electron chi connectivity index (χ3n) is 7.62. The lowest BCUT2D eigenvalue weighted by molar-refractivity contribution is -0.148. The van der Waals surface area contributed by atoms with Gasteiger partial charge in [0.15, 0.2) is 0 Å². The molecule has 3 aliphatic carbocycles. The first-order chi connectivity index (χ1) is 12.0. The molecule has 0 bridgehead atoms. The Balaban J connectivity index is 1.69.